The molecular formula is C10H22GeO3S. The van der Waals surface area contributed by atoms with Crippen LogP contribution in [0.1, 0.15) is 33.6 Å². The number of hydrogen-bond donors (Lipinski definition) is 0. The topological polar surface area (TPSA) is 43.4 Å². The molecule has 0 saturated carbocycles. The van der Waals surface area contributed by atoms with Crippen molar-refractivity contribution in [2.45, 2.75) is 53.5 Å². The van der Waals surface area contributed by atoms with Crippen LogP contribution in [0.2, 0.25) is 15.8 Å². The van der Waals surface area contributed by atoms with Crippen LogP contribution in [0.5, 0.6) is 0 Å². The van der Waals surface area contributed by atoms with Crippen molar-refractivity contribution in [3.8, 4) is 0 Å². The second-order valence-electron chi connectivity index (χ2n) is 4.37. The van der Waals surface area contributed by atoms with Crippen LogP contribution < -0.4 is 0 Å². The molecule has 0 aromatic rings. The number of hydrogen-bond acceptors (Lipinski definition) is 3. The Morgan fingerprint density at radius 1 is 1.20 bits per heavy atom. The average molecular weight is 295 g/mol. The maximum absolute atomic E-state index is 11.9. The minimum absolute atomic E-state index is 0.105. The Morgan fingerprint density at radius 2 is 1.73 bits per heavy atom. The van der Waals surface area contributed by atoms with Gasteiger partial charge in [-0.25, -0.2) is 0 Å². The van der Waals surface area contributed by atoms with Crippen LogP contribution in [0, 0.1) is 0 Å². The van der Waals surface area contributed by atoms with Crippen molar-refractivity contribution in [3.63, 3.8) is 0 Å². The van der Waals surface area contributed by atoms with Crippen molar-refractivity contribution >= 4 is 23.4 Å². The summed E-state index contributed by atoms with van der Waals surface area (Å²) in [6.07, 6.45) is 1.76. The molecule has 0 aromatic carbocycles. The second kappa shape index (κ2) is 5.19. The first-order chi connectivity index (χ1) is 7.02. The SMILES string of the molecule is C[CH2][Ge]([CH2]C)([CH2]C)[CH]1CCCOS1(=O)=O. The molecule has 0 N–H and O–H groups in total. The summed E-state index contributed by atoms with van der Waals surface area (Å²) >= 11 is -2.22. The van der Waals surface area contributed by atoms with Crippen LogP contribution in [0.3, 0.4) is 0 Å². The summed E-state index contributed by atoms with van der Waals surface area (Å²) in [5, 5.41) is 3.29. The molecule has 90 valence electrons. The Bertz CT molecular complexity index is 288. The van der Waals surface area contributed by atoms with E-state index in [1.807, 2.05) is 0 Å². The molecule has 5 heteroatoms. The van der Waals surface area contributed by atoms with E-state index < -0.39 is 23.4 Å². The van der Waals surface area contributed by atoms with Crippen molar-refractivity contribution in [1.29, 1.82) is 0 Å². The normalized spacial score (nSPS) is 26.5. The van der Waals surface area contributed by atoms with E-state index in [9.17, 15) is 8.42 Å². The van der Waals surface area contributed by atoms with Crippen LogP contribution in [0.25, 0.3) is 0 Å². The summed E-state index contributed by atoms with van der Waals surface area (Å²) in [7, 11) is -3.23. The summed E-state index contributed by atoms with van der Waals surface area (Å²) in [6.45, 7) is 6.89. The van der Waals surface area contributed by atoms with Crippen molar-refractivity contribution in [2.75, 3.05) is 6.61 Å². The van der Waals surface area contributed by atoms with Gasteiger partial charge in [0.05, 0.1) is 0 Å². The Balaban J connectivity index is 3.01. The zero-order chi connectivity index (χ0) is 11.5. The molecule has 1 atom stereocenters. The summed E-state index contributed by atoms with van der Waals surface area (Å²) in [4.78, 5) is 0. The summed E-state index contributed by atoms with van der Waals surface area (Å²) in [5.74, 6) is 0. The molecule has 3 nitrogen and oxygen atoms in total. The first-order valence-electron chi connectivity index (χ1n) is 5.90. The molecule has 1 saturated heterocycles. The molecule has 1 aliphatic heterocycles. The molecule has 0 bridgehead atoms. The maximum atomic E-state index is 11.9. The van der Waals surface area contributed by atoms with Gasteiger partial charge in [0.2, 0.25) is 0 Å². The Labute approximate surface area is 96.1 Å². The number of rotatable bonds is 4. The van der Waals surface area contributed by atoms with E-state index in [0.717, 1.165) is 28.6 Å². The van der Waals surface area contributed by atoms with E-state index in [-0.39, 0.29) is 4.08 Å². The van der Waals surface area contributed by atoms with Crippen LogP contribution in [-0.2, 0) is 14.3 Å². The zero-order valence-electron chi connectivity index (χ0n) is 9.95. The molecule has 0 aliphatic carbocycles. The first kappa shape index (κ1) is 13.5. The fourth-order valence-corrected chi connectivity index (χ4v) is 18.9. The molecule has 1 aliphatic rings. The summed E-state index contributed by atoms with van der Waals surface area (Å²) in [5.41, 5.74) is 0. The van der Waals surface area contributed by atoms with Gasteiger partial charge in [-0.15, -0.1) is 0 Å². The van der Waals surface area contributed by atoms with E-state index in [1.54, 1.807) is 0 Å². The standard InChI is InChI=1S/C10H22GeO3S/c1-4-11(5-2,6-3)10-8-7-9-14-15(10,12)13/h10H,4-9H2,1-3H3. The second-order valence-corrected chi connectivity index (χ2v) is 18.7. The molecule has 0 spiro atoms. The van der Waals surface area contributed by atoms with Crippen molar-refractivity contribution in [3.05, 3.63) is 0 Å². The van der Waals surface area contributed by atoms with Crippen LogP contribution >= 0.6 is 0 Å². The van der Waals surface area contributed by atoms with E-state index >= 15 is 0 Å². The van der Waals surface area contributed by atoms with Gasteiger partial charge in [0.15, 0.2) is 0 Å². The molecule has 1 heterocycles. The molecule has 0 radical (unpaired) electrons. The monoisotopic (exact) mass is 296 g/mol. The minimum atomic E-state index is -3.23. The molecule has 1 unspecified atom stereocenters. The van der Waals surface area contributed by atoms with Gasteiger partial charge in [-0.2, -0.15) is 0 Å². The van der Waals surface area contributed by atoms with Gasteiger partial charge in [-0.1, -0.05) is 0 Å². The molecule has 0 amide bonds. The predicted molar refractivity (Wildman–Crippen MR) is 65.1 cm³/mol. The third-order valence-electron chi connectivity index (χ3n) is 4.00. The van der Waals surface area contributed by atoms with Gasteiger partial charge >= 0.3 is 96.0 Å². The average Bonchev–Trinajstić information content (AvgIpc) is 2.23. The molecular weight excluding hydrogens is 273 g/mol. The van der Waals surface area contributed by atoms with E-state index in [2.05, 4.69) is 20.8 Å². The first-order valence-corrected chi connectivity index (χ1v) is 13.0. The molecule has 0 aromatic heterocycles. The Kier molecular flexibility index (Phi) is 4.68. The predicted octanol–water partition coefficient (Wildman–Crippen LogP) is 2.54. The van der Waals surface area contributed by atoms with Gasteiger partial charge in [0, 0.05) is 0 Å². The quantitative estimate of drug-likeness (QED) is 0.591. The third-order valence-corrected chi connectivity index (χ3v) is 22.2. The van der Waals surface area contributed by atoms with Crippen LogP contribution in [-0.4, -0.2) is 32.4 Å². The van der Waals surface area contributed by atoms with E-state index in [4.69, 9.17) is 4.18 Å². The molecule has 15 heavy (non-hydrogen) atoms. The van der Waals surface area contributed by atoms with Crippen molar-refractivity contribution in [1.82, 2.24) is 0 Å². The zero-order valence-corrected chi connectivity index (χ0v) is 12.9. The van der Waals surface area contributed by atoms with Crippen molar-refractivity contribution < 1.29 is 12.6 Å². The molecule has 1 rings (SSSR count). The fourth-order valence-electron chi connectivity index (χ4n) is 2.72. The third kappa shape index (κ3) is 2.58. The van der Waals surface area contributed by atoms with Gasteiger partial charge < -0.3 is 0 Å². The summed E-state index contributed by atoms with van der Waals surface area (Å²) < 4.78 is 28.8. The van der Waals surface area contributed by atoms with Crippen LogP contribution in [0.15, 0.2) is 0 Å². The summed E-state index contributed by atoms with van der Waals surface area (Å²) in [6, 6.07) is 0. The fraction of sp³-hybridized carbons (Fsp3) is 1.00. The van der Waals surface area contributed by atoms with Crippen molar-refractivity contribution in [2.24, 2.45) is 0 Å². The van der Waals surface area contributed by atoms with Gasteiger partial charge in [0.1, 0.15) is 0 Å². The van der Waals surface area contributed by atoms with E-state index in [1.165, 1.54) is 0 Å². The van der Waals surface area contributed by atoms with Gasteiger partial charge in [-0.05, 0) is 0 Å². The molecule has 1 fully saturated rings. The Morgan fingerprint density at radius 3 is 2.13 bits per heavy atom. The van der Waals surface area contributed by atoms with Crippen LogP contribution in [0.4, 0.5) is 0 Å². The van der Waals surface area contributed by atoms with E-state index in [0.29, 0.717) is 6.61 Å². The van der Waals surface area contributed by atoms with Gasteiger partial charge in [-0.3, -0.25) is 0 Å². The van der Waals surface area contributed by atoms with Gasteiger partial charge in [0.25, 0.3) is 0 Å². The Hall–Kier alpha value is 0.453.